The summed E-state index contributed by atoms with van der Waals surface area (Å²) in [6.07, 6.45) is 2.51. The Balaban J connectivity index is 1.38. The minimum Gasteiger partial charge on any atom is -0.390 e. The third kappa shape index (κ3) is 4.38. The van der Waals surface area contributed by atoms with E-state index in [0.29, 0.717) is 60.8 Å². The van der Waals surface area contributed by atoms with Gasteiger partial charge in [-0.3, -0.25) is 14.5 Å². The number of hydrogen-bond acceptors (Lipinski definition) is 5. The number of aromatic nitrogens is 1. The van der Waals surface area contributed by atoms with Gasteiger partial charge in [-0.15, -0.1) is 0 Å². The Morgan fingerprint density at radius 3 is 2.79 bits per heavy atom. The van der Waals surface area contributed by atoms with Crippen molar-refractivity contribution in [2.75, 3.05) is 51.3 Å². The van der Waals surface area contributed by atoms with Crippen LogP contribution in [0.1, 0.15) is 39.3 Å². The lowest BCUT2D eigenvalue weighted by Crippen LogP contribution is -2.46. The molecule has 1 fully saturated rings. The van der Waals surface area contributed by atoms with Crippen molar-refractivity contribution in [1.82, 2.24) is 14.8 Å². The molecule has 3 aliphatic rings. The number of carbonyl (C=O) groups excluding carboxylic acids is 2. The molecule has 0 bridgehead atoms. The summed E-state index contributed by atoms with van der Waals surface area (Å²) in [5, 5.41) is 13.4. The summed E-state index contributed by atoms with van der Waals surface area (Å²) in [6, 6.07) is 4.19. The first kappa shape index (κ1) is 22.8. The van der Waals surface area contributed by atoms with Crippen molar-refractivity contribution in [2.45, 2.75) is 25.9 Å². The predicted molar refractivity (Wildman–Crippen MR) is 126 cm³/mol. The van der Waals surface area contributed by atoms with Crippen molar-refractivity contribution < 1.29 is 23.8 Å². The molecule has 5 rings (SSSR count). The van der Waals surface area contributed by atoms with Gasteiger partial charge in [0.25, 0.3) is 11.8 Å². The maximum absolute atomic E-state index is 13.8. The number of aliphatic hydroxyl groups excluding tert-OH is 1. The van der Waals surface area contributed by atoms with Crippen LogP contribution in [0.25, 0.3) is 11.6 Å². The number of carbonyl (C=O) groups is 2. The molecule has 3 aliphatic heterocycles. The molecule has 0 aliphatic carbocycles. The fourth-order valence-electron chi connectivity index (χ4n) is 5.02. The Kier molecular flexibility index (Phi) is 6.24. The number of fused-ring (bicyclic) bond motifs is 2. The number of anilines is 1. The highest BCUT2D eigenvalue weighted by Crippen LogP contribution is 2.35. The first-order chi connectivity index (χ1) is 16.4. The van der Waals surface area contributed by atoms with Crippen molar-refractivity contribution >= 4 is 29.2 Å². The van der Waals surface area contributed by atoms with Gasteiger partial charge in [0.2, 0.25) is 0 Å². The minimum absolute atomic E-state index is 0.116. The molecule has 1 atom stereocenters. The van der Waals surface area contributed by atoms with Crippen LogP contribution < -0.4 is 5.32 Å². The predicted octanol–water partition coefficient (Wildman–Crippen LogP) is 2.04. The zero-order chi connectivity index (χ0) is 23.8. The van der Waals surface area contributed by atoms with Gasteiger partial charge in [0.05, 0.1) is 30.5 Å². The van der Waals surface area contributed by atoms with E-state index in [1.165, 1.54) is 12.1 Å². The van der Waals surface area contributed by atoms with Crippen LogP contribution in [0, 0.1) is 12.7 Å². The van der Waals surface area contributed by atoms with Crippen LogP contribution in [0.3, 0.4) is 0 Å². The second kappa shape index (κ2) is 9.32. The molecule has 1 aromatic carbocycles. The standard InChI is InChI=1S/C25H29FN4O4/c1-15-22(12-19-18-11-16(26)4-5-20(18)28-24(19)32)27-21-3-2-6-30(25(33)23(15)21)14-17(31)13-29-7-9-34-10-8-29/h4-5,11-12,17,27,31H,2-3,6-10,13-14H2,1H3,(H,28,32)/b19-12-/t17-/m1/s1/i4+1,5+1,11+1,16+1,18+1,20+1. The molecule has 0 unspecified atom stereocenters. The molecule has 0 spiro atoms. The van der Waals surface area contributed by atoms with Gasteiger partial charge >= 0.3 is 0 Å². The molecule has 0 radical (unpaired) electrons. The number of β-amino-alcohol motifs (C(OH)–C–C–N with tert-alkyl or cyclic N) is 1. The van der Waals surface area contributed by atoms with Crippen molar-refractivity contribution in [3.63, 3.8) is 0 Å². The molecular formula is C25H29FN4O4. The number of morpholine rings is 1. The molecule has 4 heterocycles. The van der Waals surface area contributed by atoms with E-state index in [4.69, 9.17) is 4.74 Å². The Hall–Kier alpha value is -3.01. The zero-order valence-electron chi connectivity index (χ0n) is 19.2. The fraction of sp³-hybridized carbons (Fsp3) is 0.440. The molecular weight excluding hydrogens is 445 g/mol. The monoisotopic (exact) mass is 474 g/mol. The molecule has 2 amide bonds. The number of aliphatic hydroxyl groups is 1. The van der Waals surface area contributed by atoms with Crippen LogP contribution in [0.2, 0.25) is 0 Å². The summed E-state index contributed by atoms with van der Waals surface area (Å²) in [6.45, 7) is 6.10. The molecule has 180 valence electrons. The highest BCUT2D eigenvalue weighted by atomic mass is 19.2. The molecule has 8 nitrogen and oxygen atoms in total. The van der Waals surface area contributed by atoms with E-state index >= 15 is 0 Å². The van der Waals surface area contributed by atoms with E-state index in [1.807, 2.05) is 6.92 Å². The van der Waals surface area contributed by atoms with Gasteiger partial charge in [-0.1, -0.05) is 0 Å². The second-order valence-electron chi connectivity index (χ2n) is 9.14. The van der Waals surface area contributed by atoms with Gasteiger partial charge in [-0.25, -0.2) is 4.39 Å². The van der Waals surface area contributed by atoms with Crippen LogP contribution in [0.15, 0.2) is 18.2 Å². The molecule has 9 heteroatoms. The highest BCUT2D eigenvalue weighted by Gasteiger charge is 2.30. The van der Waals surface area contributed by atoms with Gasteiger partial charge in [-0.2, -0.15) is 0 Å². The fourth-order valence-corrected chi connectivity index (χ4v) is 5.02. The summed E-state index contributed by atoms with van der Waals surface area (Å²) < 4.78 is 19.2. The number of hydrogen-bond donors (Lipinski definition) is 3. The third-order valence-corrected chi connectivity index (χ3v) is 6.78. The average molecular weight is 474 g/mol. The number of halogens is 1. The van der Waals surface area contributed by atoms with Crippen LogP contribution >= 0.6 is 0 Å². The van der Waals surface area contributed by atoms with Gasteiger partial charge in [0.1, 0.15) is 5.82 Å². The summed E-state index contributed by atoms with van der Waals surface area (Å²) in [5.74, 6) is -0.833. The van der Waals surface area contributed by atoms with E-state index in [9.17, 15) is 19.1 Å². The number of rotatable bonds is 5. The number of ether oxygens (including phenoxy) is 1. The Labute approximate surface area is 197 Å². The van der Waals surface area contributed by atoms with Crippen LogP contribution in [-0.2, 0) is 16.0 Å². The molecule has 34 heavy (non-hydrogen) atoms. The molecule has 0 saturated carbocycles. The lowest BCUT2D eigenvalue weighted by atomic mass is 10.1. The highest BCUT2D eigenvalue weighted by molar-refractivity contribution is 6.34. The van der Waals surface area contributed by atoms with E-state index in [0.717, 1.165) is 30.8 Å². The van der Waals surface area contributed by atoms with Crippen LogP contribution in [0.4, 0.5) is 10.1 Å². The maximum atomic E-state index is 13.8. The van der Waals surface area contributed by atoms with Crippen LogP contribution in [0.5, 0.6) is 0 Å². The van der Waals surface area contributed by atoms with Gasteiger partial charge in [0.15, 0.2) is 0 Å². The average Bonchev–Trinajstić information content (AvgIpc) is 3.23. The smallest absolute Gasteiger partial charge is 0.256 e. The number of nitrogens with zero attached hydrogens (tertiary/aromatic N) is 2. The lowest BCUT2D eigenvalue weighted by molar-refractivity contribution is -0.110. The van der Waals surface area contributed by atoms with E-state index in [2.05, 4.69) is 15.2 Å². The van der Waals surface area contributed by atoms with Gasteiger partial charge in [0, 0.05) is 55.4 Å². The third-order valence-electron chi connectivity index (χ3n) is 6.78. The SMILES string of the molecule is Cc1c(/C=C2\C(=O)N[13c]3[13cH][13cH][13c](F)[13cH][13c]32)[nH]c2c1C(=O)N(C[C@H](O)CN1CCOCC1)CCC2. The van der Waals surface area contributed by atoms with E-state index in [1.54, 1.807) is 17.0 Å². The number of aromatic amines is 1. The number of H-pyrrole nitrogens is 1. The Bertz CT molecular complexity index is 1150. The first-order valence-corrected chi connectivity index (χ1v) is 11.7. The van der Waals surface area contributed by atoms with Crippen molar-refractivity contribution in [3.8, 4) is 0 Å². The van der Waals surface area contributed by atoms with Crippen molar-refractivity contribution in [3.05, 3.63) is 52.1 Å². The van der Waals surface area contributed by atoms with E-state index < -0.39 is 11.9 Å². The van der Waals surface area contributed by atoms with Crippen molar-refractivity contribution in [2.24, 2.45) is 0 Å². The quantitative estimate of drug-likeness (QED) is 0.577. The second-order valence-corrected chi connectivity index (χ2v) is 9.14. The largest absolute Gasteiger partial charge is 0.390 e. The normalized spacial score (nSPS) is 20.8. The number of nitrogens with one attached hydrogen (secondary N) is 2. The maximum Gasteiger partial charge on any atom is 0.256 e. The topological polar surface area (TPSA) is 97.9 Å². The van der Waals surface area contributed by atoms with E-state index in [-0.39, 0.29) is 18.4 Å². The summed E-state index contributed by atoms with van der Waals surface area (Å²) in [7, 11) is 0. The van der Waals surface area contributed by atoms with Crippen molar-refractivity contribution in [1.29, 1.82) is 0 Å². The Morgan fingerprint density at radius 2 is 2.00 bits per heavy atom. The number of benzene rings is 1. The zero-order valence-corrected chi connectivity index (χ0v) is 19.2. The van der Waals surface area contributed by atoms with Gasteiger partial charge < -0.3 is 25.0 Å². The number of amides is 2. The molecule has 1 aromatic heterocycles. The Morgan fingerprint density at radius 1 is 1.21 bits per heavy atom. The minimum atomic E-state index is -0.641. The summed E-state index contributed by atoms with van der Waals surface area (Å²) in [4.78, 5) is 33.2. The molecule has 1 saturated heterocycles. The number of aryl methyl sites for hydroxylation is 1. The first-order valence-electron chi connectivity index (χ1n) is 11.7. The molecule has 3 N–H and O–H groups in total. The molecule has 2 aromatic rings. The van der Waals surface area contributed by atoms with Crippen LogP contribution in [-0.4, -0.2) is 83.7 Å². The van der Waals surface area contributed by atoms with Gasteiger partial charge in [-0.05, 0) is 49.6 Å². The summed E-state index contributed by atoms with van der Waals surface area (Å²) in [5.41, 5.74) is 4.28. The summed E-state index contributed by atoms with van der Waals surface area (Å²) >= 11 is 0. The lowest BCUT2D eigenvalue weighted by Gasteiger charge is -2.31.